The van der Waals surface area contributed by atoms with Crippen molar-refractivity contribution in [1.82, 2.24) is 9.97 Å². The summed E-state index contributed by atoms with van der Waals surface area (Å²) in [5.74, 6) is -1.10. The zero-order chi connectivity index (χ0) is 21.1. The number of methoxy groups -OCH3 is 1. The van der Waals surface area contributed by atoms with Crippen LogP contribution in [0.3, 0.4) is 0 Å². The molecule has 154 valence electrons. The lowest BCUT2D eigenvalue weighted by Gasteiger charge is -2.21. The zero-order valence-corrected chi connectivity index (χ0v) is 15.6. The number of anilines is 1. The lowest BCUT2D eigenvalue weighted by molar-refractivity contribution is -0.153. The Morgan fingerprint density at radius 3 is 2.77 bits per heavy atom. The monoisotopic (exact) mass is 417 g/mol. The number of fused-ring (bicyclic) bond motifs is 4. The normalized spacial score (nSPS) is 19.7. The molecule has 2 aliphatic heterocycles. The van der Waals surface area contributed by atoms with Crippen LogP contribution >= 0.6 is 0 Å². The van der Waals surface area contributed by atoms with Crippen LogP contribution in [0.15, 0.2) is 47.0 Å². The molecule has 2 aliphatic rings. The van der Waals surface area contributed by atoms with Gasteiger partial charge in [-0.2, -0.15) is 23.1 Å². The Kier molecular flexibility index (Phi) is 3.83. The fraction of sp³-hybridized carbons (Fsp3) is 0.250. The van der Waals surface area contributed by atoms with E-state index >= 15 is 0 Å². The van der Waals surface area contributed by atoms with Crippen LogP contribution in [0.25, 0.3) is 0 Å². The van der Waals surface area contributed by atoms with Gasteiger partial charge in [-0.25, -0.2) is 0 Å². The first-order valence-corrected chi connectivity index (χ1v) is 8.96. The number of ether oxygens (including phenoxy) is 2. The highest BCUT2D eigenvalue weighted by Crippen LogP contribution is 2.52. The fourth-order valence-corrected chi connectivity index (χ4v) is 3.94. The number of rotatable bonds is 3. The number of nitrogens with zero attached hydrogens (tertiary/aromatic N) is 3. The number of hydrogen-bond donors (Lipinski definition) is 0. The average Bonchev–Trinajstić information content (AvgIpc) is 3.41. The molecule has 1 unspecified atom stereocenters. The number of benzene rings is 1. The van der Waals surface area contributed by atoms with Crippen molar-refractivity contribution in [2.24, 2.45) is 0 Å². The molecule has 0 bridgehead atoms. The van der Waals surface area contributed by atoms with Crippen LogP contribution in [-0.2, 0) is 22.9 Å². The van der Waals surface area contributed by atoms with Gasteiger partial charge < -0.3 is 18.8 Å². The summed E-state index contributed by atoms with van der Waals surface area (Å²) >= 11 is 0. The molecular formula is C20H14F3N3O4. The number of para-hydroxylation sites is 1. The number of carbonyl (C=O) groups is 1. The Morgan fingerprint density at radius 1 is 1.23 bits per heavy atom. The Morgan fingerprint density at radius 2 is 2.03 bits per heavy atom. The Balaban J connectivity index is 1.59. The maximum absolute atomic E-state index is 13.6. The minimum atomic E-state index is -4.60. The maximum Gasteiger partial charge on any atom is 0.449 e. The summed E-state index contributed by atoms with van der Waals surface area (Å²) in [7, 11) is 1.41. The van der Waals surface area contributed by atoms with Gasteiger partial charge in [0.05, 0.1) is 19.9 Å². The Bertz CT molecular complexity index is 1160. The van der Waals surface area contributed by atoms with E-state index in [0.717, 1.165) is 6.07 Å². The summed E-state index contributed by atoms with van der Waals surface area (Å²) in [5, 5.41) is 0. The van der Waals surface area contributed by atoms with Gasteiger partial charge in [0.25, 0.3) is 0 Å². The summed E-state index contributed by atoms with van der Waals surface area (Å²) in [6.45, 7) is -0.159. The number of halogens is 3. The Hall–Kier alpha value is -3.56. The van der Waals surface area contributed by atoms with Gasteiger partial charge in [0.15, 0.2) is 11.2 Å². The first-order valence-electron chi connectivity index (χ1n) is 8.96. The van der Waals surface area contributed by atoms with E-state index in [9.17, 15) is 18.0 Å². The van der Waals surface area contributed by atoms with Crippen LogP contribution in [0.2, 0.25) is 0 Å². The first kappa shape index (κ1) is 18.5. The average molecular weight is 417 g/mol. The highest BCUT2D eigenvalue weighted by molar-refractivity contribution is 6.11. The predicted molar refractivity (Wildman–Crippen MR) is 96.2 cm³/mol. The van der Waals surface area contributed by atoms with Gasteiger partial charge in [-0.3, -0.25) is 4.79 Å². The topological polar surface area (TPSA) is 77.7 Å². The van der Waals surface area contributed by atoms with E-state index in [2.05, 4.69) is 9.97 Å². The van der Waals surface area contributed by atoms with Gasteiger partial charge in [0.1, 0.15) is 18.1 Å². The lowest BCUT2D eigenvalue weighted by atomic mass is 9.80. The zero-order valence-electron chi connectivity index (χ0n) is 15.6. The van der Waals surface area contributed by atoms with Crippen molar-refractivity contribution in [2.75, 3.05) is 18.6 Å². The molecule has 1 amide bonds. The second-order valence-corrected chi connectivity index (χ2v) is 6.94. The molecule has 1 aromatic carbocycles. The number of amides is 1. The highest BCUT2D eigenvalue weighted by atomic mass is 19.4. The minimum Gasteiger partial charge on any atom is -0.488 e. The van der Waals surface area contributed by atoms with Crippen LogP contribution in [0.1, 0.15) is 22.8 Å². The predicted octanol–water partition coefficient (Wildman–Crippen LogP) is 3.32. The van der Waals surface area contributed by atoms with Crippen LogP contribution in [-0.4, -0.2) is 29.6 Å². The van der Waals surface area contributed by atoms with Crippen molar-refractivity contribution < 1.29 is 31.9 Å². The van der Waals surface area contributed by atoms with Crippen molar-refractivity contribution >= 4 is 11.6 Å². The molecular weight excluding hydrogens is 403 g/mol. The molecule has 3 aromatic rings. The second kappa shape index (κ2) is 6.22. The summed E-state index contributed by atoms with van der Waals surface area (Å²) in [5.41, 5.74) is 0.338. The van der Waals surface area contributed by atoms with Gasteiger partial charge in [-0.15, -0.1) is 0 Å². The van der Waals surface area contributed by atoms with Gasteiger partial charge >= 0.3 is 12.2 Å². The third kappa shape index (κ3) is 2.49. The maximum atomic E-state index is 13.6. The number of alkyl halides is 3. The molecule has 10 heteroatoms. The van der Waals surface area contributed by atoms with E-state index in [0.29, 0.717) is 22.7 Å². The van der Waals surface area contributed by atoms with E-state index in [1.165, 1.54) is 24.3 Å². The van der Waals surface area contributed by atoms with E-state index in [4.69, 9.17) is 13.9 Å². The van der Waals surface area contributed by atoms with Crippen LogP contribution in [0.4, 0.5) is 18.9 Å². The molecule has 0 saturated carbocycles. The largest absolute Gasteiger partial charge is 0.488 e. The van der Waals surface area contributed by atoms with Gasteiger partial charge in [0.2, 0.25) is 11.7 Å². The standard InChI is InChI=1S/C20H14F3N3O4/c1-28-18-24-8-14-16(25-18)19(10-29-14)12-4-2-3-5-13(12)26(17(19)27)9-11-6-7-15(30-11)20(21,22)23/h2-8H,9-10H2,1H3. The number of carbonyl (C=O) groups excluding carboxylic acids is 1. The van der Waals surface area contributed by atoms with Crippen molar-refractivity contribution in [2.45, 2.75) is 18.1 Å². The van der Waals surface area contributed by atoms with Crippen LogP contribution in [0.5, 0.6) is 11.8 Å². The summed E-state index contributed by atoms with van der Waals surface area (Å²) in [4.78, 5) is 23.4. The molecule has 0 saturated heterocycles. The van der Waals surface area contributed by atoms with E-state index in [1.54, 1.807) is 24.3 Å². The molecule has 4 heterocycles. The van der Waals surface area contributed by atoms with Crippen LogP contribution in [0, 0.1) is 0 Å². The number of aromatic nitrogens is 2. The molecule has 1 atom stereocenters. The number of hydrogen-bond acceptors (Lipinski definition) is 6. The molecule has 0 aliphatic carbocycles. The first-order chi connectivity index (χ1) is 14.3. The summed E-state index contributed by atoms with van der Waals surface area (Å²) in [6, 6.07) is 9.19. The second-order valence-electron chi connectivity index (χ2n) is 6.94. The van der Waals surface area contributed by atoms with Crippen molar-refractivity contribution in [3.63, 3.8) is 0 Å². The van der Waals surface area contributed by atoms with E-state index < -0.39 is 17.4 Å². The lowest BCUT2D eigenvalue weighted by Crippen LogP contribution is -2.42. The van der Waals surface area contributed by atoms with Gasteiger partial charge in [-0.05, 0) is 18.2 Å². The van der Waals surface area contributed by atoms with E-state index in [-0.39, 0.29) is 30.8 Å². The van der Waals surface area contributed by atoms with Crippen molar-refractivity contribution in [3.05, 3.63) is 65.4 Å². The molecule has 2 aromatic heterocycles. The van der Waals surface area contributed by atoms with Crippen LogP contribution < -0.4 is 14.4 Å². The quantitative estimate of drug-likeness (QED) is 0.651. The smallest absolute Gasteiger partial charge is 0.449 e. The molecule has 30 heavy (non-hydrogen) atoms. The van der Waals surface area contributed by atoms with Gasteiger partial charge in [0, 0.05) is 11.3 Å². The van der Waals surface area contributed by atoms with Crippen molar-refractivity contribution in [1.29, 1.82) is 0 Å². The fourth-order valence-electron chi connectivity index (χ4n) is 3.94. The molecule has 0 radical (unpaired) electrons. The molecule has 5 rings (SSSR count). The molecule has 7 nitrogen and oxygen atoms in total. The molecule has 0 N–H and O–H groups in total. The van der Waals surface area contributed by atoms with Gasteiger partial charge in [-0.1, -0.05) is 18.2 Å². The summed E-state index contributed by atoms with van der Waals surface area (Å²) in [6.07, 6.45) is -3.16. The summed E-state index contributed by atoms with van der Waals surface area (Å²) < 4.78 is 54.4. The SMILES string of the molecule is COc1ncc2c(n1)C1(CO2)C(=O)N(Cc2ccc(C(F)(F)F)o2)c2ccccc21. The minimum absolute atomic E-state index is 0.00246. The van der Waals surface area contributed by atoms with E-state index in [1.807, 2.05) is 0 Å². The Labute approximate surface area is 168 Å². The third-order valence-corrected chi connectivity index (χ3v) is 5.28. The highest BCUT2D eigenvalue weighted by Gasteiger charge is 2.58. The molecule has 1 spiro atoms. The number of furan rings is 1. The van der Waals surface area contributed by atoms with Crippen molar-refractivity contribution in [3.8, 4) is 11.8 Å². The third-order valence-electron chi connectivity index (χ3n) is 5.28. The molecule has 0 fully saturated rings.